The van der Waals surface area contributed by atoms with Crippen LogP contribution in [0.15, 0.2) is 18.2 Å². The second-order valence-electron chi connectivity index (χ2n) is 6.94. The highest BCUT2D eigenvalue weighted by Gasteiger charge is 2.22. The molecule has 24 heavy (non-hydrogen) atoms. The smallest absolute Gasteiger partial charge is 0.407 e. The van der Waals surface area contributed by atoms with Crippen LogP contribution in [-0.2, 0) is 13.0 Å². The van der Waals surface area contributed by atoms with Gasteiger partial charge in [-0.15, -0.1) is 0 Å². The van der Waals surface area contributed by atoms with Gasteiger partial charge in [-0.1, -0.05) is 12.1 Å². The Morgan fingerprint density at radius 1 is 1.21 bits per heavy atom. The molecule has 1 amide bonds. The molecule has 1 saturated heterocycles. The van der Waals surface area contributed by atoms with Gasteiger partial charge in [0.25, 0.3) is 0 Å². The quantitative estimate of drug-likeness (QED) is 0.814. The summed E-state index contributed by atoms with van der Waals surface area (Å²) in [5.41, 5.74) is 3.46. The van der Waals surface area contributed by atoms with Crippen LogP contribution in [0.3, 0.4) is 0 Å². The van der Waals surface area contributed by atoms with Gasteiger partial charge < -0.3 is 15.3 Å². The van der Waals surface area contributed by atoms with Gasteiger partial charge in [-0.2, -0.15) is 0 Å². The molecule has 0 radical (unpaired) electrons. The summed E-state index contributed by atoms with van der Waals surface area (Å²) in [7, 11) is 0. The zero-order valence-electron chi connectivity index (χ0n) is 14.1. The highest BCUT2D eigenvalue weighted by atomic mass is 16.4. The van der Waals surface area contributed by atoms with E-state index in [9.17, 15) is 9.59 Å². The summed E-state index contributed by atoms with van der Waals surface area (Å²) in [6.07, 6.45) is 4.54. The highest BCUT2D eigenvalue weighted by Crippen LogP contribution is 2.23. The van der Waals surface area contributed by atoms with E-state index < -0.39 is 6.09 Å². The maximum absolute atomic E-state index is 12.4. The average molecular weight is 330 g/mol. The molecule has 2 N–H and O–H groups in total. The molecule has 0 bridgehead atoms. The number of nitrogens with one attached hydrogen (secondary N) is 1. The van der Waals surface area contributed by atoms with Crippen LogP contribution in [0.1, 0.15) is 53.6 Å². The van der Waals surface area contributed by atoms with Crippen LogP contribution in [0.25, 0.3) is 0 Å². The molecule has 1 aromatic carbocycles. The predicted octanol–water partition coefficient (Wildman–Crippen LogP) is 3.08. The number of hydrogen-bond donors (Lipinski definition) is 2. The van der Waals surface area contributed by atoms with Crippen molar-refractivity contribution in [1.29, 1.82) is 0 Å². The first-order valence-corrected chi connectivity index (χ1v) is 8.97. The third-order valence-electron chi connectivity index (χ3n) is 5.32. The SMILES string of the molecule is O=C(CCCC1CCN(C(=O)O)CC1)c1ccc2c(c1)CCNC2. The zero-order valence-corrected chi connectivity index (χ0v) is 14.1. The fourth-order valence-corrected chi connectivity index (χ4v) is 3.76. The molecule has 0 aliphatic carbocycles. The topological polar surface area (TPSA) is 69.6 Å². The van der Waals surface area contributed by atoms with Crippen LogP contribution in [0.5, 0.6) is 0 Å². The number of carbonyl (C=O) groups is 2. The van der Waals surface area contributed by atoms with Crippen LogP contribution in [0.2, 0.25) is 0 Å². The van der Waals surface area contributed by atoms with E-state index in [0.29, 0.717) is 25.4 Å². The van der Waals surface area contributed by atoms with Gasteiger partial charge >= 0.3 is 6.09 Å². The average Bonchev–Trinajstić information content (AvgIpc) is 2.61. The van der Waals surface area contributed by atoms with Crippen LogP contribution in [-0.4, -0.2) is 41.5 Å². The third kappa shape index (κ3) is 4.15. The molecule has 5 nitrogen and oxygen atoms in total. The molecule has 0 aromatic heterocycles. The minimum absolute atomic E-state index is 0.235. The predicted molar refractivity (Wildman–Crippen MR) is 92.4 cm³/mol. The van der Waals surface area contributed by atoms with E-state index in [2.05, 4.69) is 17.4 Å². The second kappa shape index (κ2) is 7.79. The Balaban J connectivity index is 1.44. The normalized spacial score (nSPS) is 18.2. The van der Waals surface area contributed by atoms with E-state index in [0.717, 1.165) is 50.8 Å². The van der Waals surface area contributed by atoms with Gasteiger partial charge in [0.05, 0.1) is 0 Å². The van der Waals surface area contributed by atoms with Gasteiger partial charge in [0.1, 0.15) is 0 Å². The number of carbonyl (C=O) groups excluding carboxylic acids is 1. The van der Waals surface area contributed by atoms with E-state index in [1.165, 1.54) is 16.0 Å². The van der Waals surface area contributed by atoms with E-state index in [1.54, 1.807) is 0 Å². The summed E-state index contributed by atoms with van der Waals surface area (Å²) in [6.45, 7) is 3.15. The molecular formula is C19H26N2O3. The molecule has 0 unspecified atom stereocenters. The maximum atomic E-state index is 12.4. The lowest BCUT2D eigenvalue weighted by molar-refractivity contribution is 0.0974. The lowest BCUT2D eigenvalue weighted by Gasteiger charge is -2.29. The van der Waals surface area contributed by atoms with E-state index in [1.807, 2.05) is 6.07 Å². The first-order chi connectivity index (χ1) is 11.6. The van der Waals surface area contributed by atoms with Gasteiger partial charge in [-0.3, -0.25) is 4.79 Å². The van der Waals surface area contributed by atoms with Gasteiger partial charge in [0, 0.05) is 31.6 Å². The number of amides is 1. The highest BCUT2D eigenvalue weighted by molar-refractivity contribution is 5.96. The van der Waals surface area contributed by atoms with Crippen molar-refractivity contribution in [2.24, 2.45) is 5.92 Å². The number of hydrogen-bond acceptors (Lipinski definition) is 3. The van der Waals surface area contributed by atoms with E-state index in [-0.39, 0.29) is 5.78 Å². The molecule has 0 spiro atoms. The number of benzene rings is 1. The summed E-state index contributed by atoms with van der Waals surface area (Å²) >= 11 is 0. The Kier molecular flexibility index (Phi) is 5.51. The number of ketones is 1. The molecule has 1 aromatic rings. The molecule has 0 saturated carbocycles. The number of rotatable bonds is 5. The first-order valence-electron chi connectivity index (χ1n) is 8.97. The Morgan fingerprint density at radius 3 is 2.75 bits per heavy atom. The van der Waals surface area contributed by atoms with Gasteiger partial charge in [-0.25, -0.2) is 4.79 Å². The Morgan fingerprint density at radius 2 is 2.00 bits per heavy atom. The van der Waals surface area contributed by atoms with Gasteiger partial charge in [-0.05, 0) is 61.8 Å². The molecule has 0 atom stereocenters. The largest absolute Gasteiger partial charge is 0.465 e. The molecule has 2 aliphatic rings. The summed E-state index contributed by atoms with van der Waals surface area (Å²) in [5, 5.41) is 12.3. The van der Waals surface area contributed by atoms with Crippen molar-refractivity contribution in [3.8, 4) is 0 Å². The summed E-state index contributed by atoms with van der Waals surface area (Å²) in [4.78, 5) is 24.8. The summed E-state index contributed by atoms with van der Waals surface area (Å²) < 4.78 is 0. The van der Waals surface area contributed by atoms with E-state index in [4.69, 9.17) is 5.11 Å². The van der Waals surface area contributed by atoms with Crippen LogP contribution in [0.4, 0.5) is 4.79 Å². The maximum Gasteiger partial charge on any atom is 0.407 e. The molecular weight excluding hydrogens is 304 g/mol. The van der Waals surface area contributed by atoms with Crippen molar-refractivity contribution in [1.82, 2.24) is 10.2 Å². The lowest BCUT2D eigenvalue weighted by atomic mass is 9.90. The van der Waals surface area contributed by atoms with Crippen molar-refractivity contribution in [2.45, 2.75) is 45.1 Å². The summed E-state index contributed by atoms with van der Waals surface area (Å²) in [5.74, 6) is 0.794. The molecule has 2 aliphatic heterocycles. The third-order valence-corrected chi connectivity index (χ3v) is 5.32. The monoisotopic (exact) mass is 330 g/mol. The Bertz CT molecular complexity index is 607. The van der Waals surface area contributed by atoms with Crippen molar-refractivity contribution in [3.05, 3.63) is 34.9 Å². The fourth-order valence-electron chi connectivity index (χ4n) is 3.76. The Hall–Kier alpha value is -1.88. The number of carboxylic acid groups (broad SMARTS) is 1. The zero-order chi connectivity index (χ0) is 16.9. The van der Waals surface area contributed by atoms with Crippen molar-refractivity contribution >= 4 is 11.9 Å². The summed E-state index contributed by atoms with van der Waals surface area (Å²) in [6, 6.07) is 6.11. The van der Waals surface area contributed by atoms with Gasteiger partial charge in [0.15, 0.2) is 5.78 Å². The number of piperidine rings is 1. The Labute approximate surface area is 143 Å². The van der Waals surface area contributed by atoms with Crippen molar-refractivity contribution < 1.29 is 14.7 Å². The lowest BCUT2D eigenvalue weighted by Crippen LogP contribution is -2.37. The second-order valence-corrected chi connectivity index (χ2v) is 6.94. The molecule has 3 rings (SSSR count). The molecule has 130 valence electrons. The fraction of sp³-hybridized carbons (Fsp3) is 0.579. The van der Waals surface area contributed by atoms with Crippen molar-refractivity contribution in [2.75, 3.05) is 19.6 Å². The minimum atomic E-state index is -0.814. The molecule has 1 fully saturated rings. The number of Topliss-reactive ketones (excluding diaryl/α,β-unsaturated/α-hetero) is 1. The van der Waals surface area contributed by atoms with Crippen LogP contribution in [0, 0.1) is 5.92 Å². The number of fused-ring (bicyclic) bond motifs is 1. The molecule has 5 heteroatoms. The minimum Gasteiger partial charge on any atom is -0.465 e. The van der Waals surface area contributed by atoms with Crippen LogP contribution < -0.4 is 5.32 Å². The number of nitrogens with zero attached hydrogens (tertiary/aromatic N) is 1. The molecule has 2 heterocycles. The first kappa shape index (κ1) is 17.0. The van der Waals surface area contributed by atoms with Crippen LogP contribution >= 0.6 is 0 Å². The van der Waals surface area contributed by atoms with Crippen molar-refractivity contribution in [3.63, 3.8) is 0 Å². The van der Waals surface area contributed by atoms with E-state index >= 15 is 0 Å². The number of likely N-dealkylation sites (tertiary alicyclic amines) is 1. The van der Waals surface area contributed by atoms with Gasteiger partial charge in [0.2, 0.25) is 0 Å². The standard InChI is InChI=1S/C19H26N2O3/c22-18(16-4-5-17-13-20-9-6-15(17)12-16)3-1-2-14-7-10-21(11-8-14)19(23)24/h4-5,12,14,20H,1-3,6-11,13H2,(H,23,24).